The third kappa shape index (κ3) is 7.32. The Hall–Kier alpha value is -1.05. The van der Waals surface area contributed by atoms with Crippen molar-refractivity contribution in [3.63, 3.8) is 0 Å². The van der Waals surface area contributed by atoms with Crippen molar-refractivity contribution in [1.29, 1.82) is 0 Å². The van der Waals surface area contributed by atoms with E-state index in [1.165, 1.54) is 0 Å². The standard InChI is InChI=1S/C9H16N2O2/c1-4-5-10-9(12)8-11(2)6-7-13-3/h1H,5-8H2,2-3H3,(H,10,12). The van der Waals surface area contributed by atoms with Crippen molar-refractivity contribution in [2.75, 3.05) is 40.4 Å². The summed E-state index contributed by atoms with van der Waals surface area (Å²) in [5, 5.41) is 2.58. The highest BCUT2D eigenvalue weighted by Gasteiger charge is 2.03. The van der Waals surface area contributed by atoms with Crippen LogP contribution < -0.4 is 5.32 Å². The molecule has 4 nitrogen and oxygen atoms in total. The van der Waals surface area contributed by atoms with Gasteiger partial charge in [0, 0.05) is 13.7 Å². The van der Waals surface area contributed by atoms with Gasteiger partial charge in [-0.1, -0.05) is 5.92 Å². The molecule has 0 saturated carbocycles. The van der Waals surface area contributed by atoms with Crippen LogP contribution in [-0.2, 0) is 9.53 Å². The number of hydrogen-bond acceptors (Lipinski definition) is 3. The maximum Gasteiger partial charge on any atom is 0.234 e. The third-order valence-electron chi connectivity index (χ3n) is 1.48. The number of ether oxygens (including phenoxy) is 1. The van der Waals surface area contributed by atoms with Crippen LogP contribution in [0.25, 0.3) is 0 Å². The minimum Gasteiger partial charge on any atom is -0.383 e. The molecule has 0 aliphatic rings. The van der Waals surface area contributed by atoms with Crippen molar-refractivity contribution >= 4 is 5.91 Å². The molecule has 13 heavy (non-hydrogen) atoms. The van der Waals surface area contributed by atoms with Crippen LogP contribution >= 0.6 is 0 Å². The summed E-state index contributed by atoms with van der Waals surface area (Å²) >= 11 is 0. The number of amides is 1. The second-order valence-corrected chi connectivity index (χ2v) is 2.71. The molecule has 4 heteroatoms. The Morgan fingerprint density at radius 3 is 2.92 bits per heavy atom. The fraction of sp³-hybridized carbons (Fsp3) is 0.667. The lowest BCUT2D eigenvalue weighted by Gasteiger charge is -2.14. The summed E-state index contributed by atoms with van der Waals surface area (Å²) in [6, 6.07) is 0. The molecule has 0 radical (unpaired) electrons. The zero-order chi connectivity index (χ0) is 10.1. The summed E-state index contributed by atoms with van der Waals surface area (Å²) < 4.78 is 4.87. The fourth-order valence-corrected chi connectivity index (χ4v) is 0.777. The number of likely N-dealkylation sites (N-methyl/N-ethyl adjacent to an activating group) is 1. The Morgan fingerprint density at radius 2 is 2.38 bits per heavy atom. The summed E-state index contributed by atoms with van der Waals surface area (Å²) in [7, 11) is 3.49. The second-order valence-electron chi connectivity index (χ2n) is 2.71. The van der Waals surface area contributed by atoms with Crippen LogP contribution in [0.4, 0.5) is 0 Å². The average Bonchev–Trinajstić information content (AvgIpc) is 2.11. The van der Waals surface area contributed by atoms with Crippen molar-refractivity contribution in [2.45, 2.75) is 0 Å². The van der Waals surface area contributed by atoms with Gasteiger partial charge in [0.2, 0.25) is 5.91 Å². The highest BCUT2D eigenvalue weighted by Crippen LogP contribution is 1.81. The van der Waals surface area contributed by atoms with E-state index in [1.807, 2.05) is 11.9 Å². The van der Waals surface area contributed by atoms with Crippen LogP contribution in [0, 0.1) is 12.3 Å². The fourth-order valence-electron chi connectivity index (χ4n) is 0.777. The molecule has 0 aliphatic heterocycles. The molecule has 1 amide bonds. The van der Waals surface area contributed by atoms with Crippen molar-refractivity contribution < 1.29 is 9.53 Å². The van der Waals surface area contributed by atoms with Gasteiger partial charge >= 0.3 is 0 Å². The quantitative estimate of drug-likeness (QED) is 0.556. The predicted octanol–water partition coefficient (Wildman–Crippen LogP) is -0.686. The minimum absolute atomic E-state index is 0.0587. The molecule has 0 spiro atoms. The molecule has 0 fully saturated rings. The molecule has 0 aliphatic carbocycles. The van der Waals surface area contributed by atoms with Crippen LogP contribution in [0.3, 0.4) is 0 Å². The molecule has 0 aromatic heterocycles. The van der Waals surface area contributed by atoms with E-state index < -0.39 is 0 Å². The Kier molecular flexibility index (Phi) is 6.98. The Labute approximate surface area is 79.2 Å². The van der Waals surface area contributed by atoms with Gasteiger partial charge in [0.1, 0.15) is 0 Å². The van der Waals surface area contributed by atoms with Crippen molar-refractivity contribution in [1.82, 2.24) is 10.2 Å². The first-order chi connectivity index (χ1) is 6.20. The maximum atomic E-state index is 11.1. The molecule has 0 aromatic carbocycles. The van der Waals surface area contributed by atoms with Gasteiger partial charge in [-0.15, -0.1) is 6.42 Å². The number of carbonyl (C=O) groups is 1. The highest BCUT2D eigenvalue weighted by atomic mass is 16.5. The van der Waals surface area contributed by atoms with E-state index in [-0.39, 0.29) is 12.5 Å². The molecule has 0 rings (SSSR count). The Morgan fingerprint density at radius 1 is 1.69 bits per heavy atom. The Balaban J connectivity index is 3.48. The van der Waals surface area contributed by atoms with Crippen LogP contribution in [0.5, 0.6) is 0 Å². The number of methoxy groups -OCH3 is 1. The van der Waals surface area contributed by atoms with E-state index >= 15 is 0 Å². The van der Waals surface area contributed by atoms with Gasteiger partial charge in [-0.3, -0.25) is 9.69 Å². The molecule has 0 unspecified atom stereocenters. The van der Waals surface area contributed by atoms with Crippen molar-refractivity contribution in [3.8, 4) is 12.3 Å². The van der Waals surface area contributed by atoms with Crippen LogP contribution in [0.2, 0.25) is 0 Å². The Bertz CT molecular complexity index is 187. The van der Waals surface area contributed by atoms with E-state index in [0.29, 0.717) is 13.2 Å². The molecule has 0 aromatic rings. The second kappa shape index (κ2) is 7.59. The van der Waals surface area contributed by atoms with Gasteiger partial charge < -0.3 is 10.1 Å². The number of terminal acetylenes is 1. The highest BCUT2D eigenvalue weighted by molar-refractivity contribution is 5.78. The average molecular weight is 184 g/mol. The van der Waals surface area contributed by atoms with E-state index in [0.717, 1.165) is 6.54 Å². The number of rotatable bonds is 6. The van der Waals surface area contributed by atoms with Gasteiger partial charge in [0.25, 0.3) is 0 Å². The number of hydrogen-bond donors (Lipinski definition) is 1. The summed E-state index contributed by atoms with van der Waals surface area (Å²) in [4.78, 5) is 13.0. The number of nitrogens with zero attached hydrogens (tertiary/aromatic N) is 1. The van der Waals surface area contributed by atoms with Gasteiger partial charge in [-0.2, -0.15) is 0 Å². The maximum absolute atomic E-state index is 11.1. The SMILES string of the molecule is C#CCNC(=O)CN(C)CCOC. The monoisotopic (exact) mass is 184 g/mol. The molecule has 0 bridgehead atoms. The molecular weight excluding hydrogens is 168 g/mol. The molecule has 0 saturated heterocycles. The largest absolute Gasteiger partial charge is 0.383 e. The lowest BCUT2D eigenvalue weighted by Crippen LogP contribution is -2.36. The molecule has 0 heterocycles. The van der Waals surface area contributed by atoms with E-state index in [9.17, 15) is 4.79 Å². The van der Waals surface area contributed by atoms with Crippen molar-refractivity contribution in [3.05, 3.63) is 0 Å². The summed E-state index contributed by atoms with van der Waals surface area (Å²) in [5.74, 6) is 2.28. The topological polar surface area (TPSA) is 41.6 Å². The first kappa shape index (κ1) is 11.9. The number of carbonyl (C=O) groups excluding carboxylic acids is 1. The zero-order valence-corrected chi connectivity index (χ0v) is 8.17. The van der Waals surface area contributed by atoms with Crippen LogP contribution in [-0.4, -0.2) is 51.2 Å². The van der Waals surface area contributed by atoms with Gasteiger partial charge in [0.15, 0.2) is 0 Å². The summed E-state index contributed by atoms with van der Waals surface area (Å²) in [6.07, 6.45) is 4.99. The van der Waals surface area contributed by atoms with Gasteiger partial charge in [-0.25, -0.2) is 0 Å². The van der Waals surface area contributed by atoms with E-state index in [4.69, 9.17) is 11.2 Å². The van der Waals surface area contributed by atoms with Crippen molar-refractivity contribution in [2.24, 2.45) is 0 Å². The van der Waals surface area contributed by atoms with Gasteiger partial charge in [0.05, 0.1) is 19.7 Å². The minimum atomic E-state index is -0.0587. The lowest BCUT2D eigenvalue weighted by atomic mass is 10.5. The zero-order valence-electron chi connectivity index (χ0n) is 8.17. The van der Waals surface area contributed by atoms with Crippen LogP contribution in [0.15, 0.2) is 0 Å². The molecule has 0 atom stereocenters. The first-order valence-electron chi connectivity index (χ1n) is 4.08. The van der Waals surface area contributed by atoms with E-state index in [1.54, 1.807) is 7.11 Å². The first-order valence-corrected chi connectivity index (χ1v) is 4.08. The predicted molar refractivity (Wildman–Crippen MR) is 51.2 cm³/mol. The summed E-state index contributed by atoms with van der Waals surface area (Å²) in [5.41, 5.74) is 0. The van der Waals surface area contributed by atoms with E-state index in [2.05, 4.69) is 11.2 Å². The smallest absolute Gasteiger partial charge is 0.234 e. The number of nitrogens with one attached hydrogen (secondary N) is 1. The summed E-state index contributed by atoms with van der Waals surface area (Å²) in [6.45, 7) is 2.00. The normalized spacial score (nSPS) is 9.69. The lowest BCUT2D eigenvalue weighted by molar-refractivity contribution is -0.121. The third-order valence-corrected chi connectivity index (χ3v) is 1.48. The molecule has 1 N–H and O–H groups in total. The molecular formula is C9H16N2O2. The molecule has 74 valence electrons. The van der Waals surface area contributed by atoms with Gasteiger partial charge in [-0.05, 0) is 7.05 Å². The van der Waals surface area contributed by atoms with Crippen LogP contribution in [0.1, 0.15) is 0 Å².